The first kappa shape index (κ1) is 7.65. The van der Waals surface area contributed by atoms with Crippen molar-refractivity contribution in [2.75, 3.05) is 0 Å². The maximum atomic E-state index is 5.79. The summed E-state index contributed by atoms with van der Waals surface area (Å²) in [6.45, 7) is 2.16. The summed E-state index contributed by atoms with van der Waals surface area (Å²) in [5, 5.41) is 0. The van der Waals surface area contributed by atoms with Crippen molar-refractivity contribution in [1.82, 2.24) is 9.55 Å². The Hall–Kier alpha value is -0.985. The van der Waals surface area contributed by atoms with Gasteiger partial charge in [0.25, 0.3) is 0 Å². The van der Waals surface area contributed by atoms with Gasteiger partial charge in [-0.25, -0.2) is 4.98 Å². The Balaban J connectivity index is 2.57. The summed E-state index contributed by atoms with van der Waals surface area (Å²) in [7, 11) is 7.78. The van der Waals surface area contributed by atoms with Crippen molar-refractivity contribution in [3.8, 4) is 0 Å². The lowest BCUT2D eigenvalue weighted by molar-refractivity contribution is 0.734. The number of rotatable bonds is 0. The topological polar surface area (TPSA) is 17.8 Å². The van der Waals surface area contributed by atoms with Crippen LogP contribution in [0, 0.1) is 0 Å². The Morgan fingerprint density at radius 3 is 3.17 bits per heavy atom. The first-order chi connectivity index (χ1) is 5.68. The molecule has 2 radical (unpaired) electrons. The van der Waals surface area contributed by atoms with Gasteiger partial charge in [-0.3, -0.25) is 0 Å². The molecule has 1 aliphatic carbocycles. The highest BCUT2D eigenvalue weighted by Gasteiger charge is 2.18. The van der Waals surface area contributed by atoms with Crippen molar-refractivity contribution >= 4 is 13.9 Å². The number of hydrogen-bond acceptors (Lipinski definition) is 1. The zero-order chi connectivity index (χ0) is 8.72. The predicted molar refractivity (Wildman–Crippen MR) is 50.0 cm³/mol. The Bertz CT molecular complexity index is 338. The monoisotopic (exact) mass is 158 g/mol. The van der Waals surface area contributed by atoms with Crippen LogP contribution in [0.1, 0.15) is 30.7 Å². The van der Waals surface area contributed by atoms with Gasteiger partial charge in [0.15, 0.2) is 0 Å². The van der Waals surface area contributed by atoms with Crippen molar-refractivity contribution < 1.29 is 0 Å². The molecule has 1 atom stereocenters. The largest absolute Gasteiger partial charge is 0.334 e. The van der Waals surface area contributed by atoms with Crippen molar-refractivity contribution in [3.63, 3.8) is 0 Å². The standard InChI is InChI=1S/C9H11BN2/c1-6-3-7(10)4-8-9(6)11-5-12(8)2/h4-6H,3H2,1-2H3. The number of imidazole rings is 1. The van der Waals surface area contributed by atoms with Gasteiger partial charge in [-0.2, -0.15) is 0 Å². The lowest BCUT2D eigenvalue weighted by atomic mass is 9.81. The number of aromatic nitrogens is 2. The van der Waals surface area contributed by atoms with Crippen molar-refractivity contribution in [1.29, 1.82) is 0 Å². The Kier molecular flexibility index (Phi) is 1.60. The van der Waals surface area contributed by atoms with Crippen LogP contribution in [-0.2, 0) is 7.05 Å². The van der Waals surface area contributed by atoms with Gasteiger partial charge in [0.05, 0.1) is 17.7 Å². The van der Waals surface area contributed by atoms with E-state index in [0.29, 0.717) is 5.92 Å². The van der Waals surface area contributed by atoms with Gasteiger partial charge < -0.3 is 4.57 Å². The fourth-order valence-electron chi connectivity index (χ4n) is 1.70. The van der Waals surface area contributed by atoms with E-state index < -0.39 is 0 Å². The maximum absolute atomic E-state index is 5.79. The third-order valence-electron chi connectivity index (χ3n) is 2.34. The van der Waals surface area contributed by atoms with Crippen molar-refractivity contribution in [2.24, 2.45) is 7.05 Å². The van der Waals surface area contributed by atoms with Crippen LogP contribution >= 0.6 is 0 Å². The molecule has 60 valence electrons. The van der Waals surface area contributed by atoms with Gasteiger partial charge in [-0.15, -0.1) is 5.47 Å². The van der Waals surface area contributed by atoms with Crippen LogP contribution in [0.5, 0.6) is 0 Å². The predicted octanol–water partition coefficient (Wildman–Crippen LogP) is 1.44. The van der Waals surface area contributed by atoms with E-state index in [0.717, 1.165) is 17.6 Å². The Labute approximate surface area is 73.7 Å². The molecular weight excluding hydrogens is 147 g/mol. The number of hydrogen-bond donors (Lipinski definition) is 0. The minimum atomic E-state index is 0.464. The van der Waals surface area contributed by atoms with Gasteiger partial charge in [0.2, 0.25) is 0 Å². The number of fused-ring (bicyclic) bond motifs is 1. The SMILES string of the molecule is [B]C1=Cc2c(ncn2C)C(C)C1. The molecule has 12 heavy (non-hydrogen) atoms. The lowest BCUT2D eigenvalue weighted by Crippen LogP contribution is -2.05. The summed E-state index contributed by atoms with van der Waals surface area (Å²) < 4.78 is 2.01. The molecule has 1 aliphatic rings. The molecule has 0 saturated carbocycles. The van der Waals surface area contributed by atoms with Gasteiger partial charge >= 0.3 is 0 Å². The zero-order valence-electron chi connectivity index (χ0n) is 7.41. The average Bonchev–Trinajstić information content (AvgIpc) is 2.33. The summed E-state index contributed by atoms with van der Waals surface area (Å²) in [5.41, 5.74) is 3.29. The first-order valence-electron chi connectivity index (χ1n) is 4.15. The summed E-state index contributed by atoms with van der Waals surface area (Å²) >= 11 is 0. The van der Waals surface area contributed by atoms with Crippen LogP contribution in [0.4, 0.5) is 0 Å². The van der Waals surface area contributed by atoms with Gasteiger partial charge in [-0.05, 0) is 12.5 Å². The molecule has 0 aromatic carbocycles. The van der Waals surface area contributed by atoms with Gasteiger partial charge in [-0.1, -0.05) is 6.92 Å². The maximum Gasteiger partial charge on any atom is 0.107 e. The van der Waals surface area contributed by atoms with E-state index in [1.807, 2.05) is 24.0 Å². The number of allylic oxidation sites excluding steroid dienone is 1. The summed E-state index contributed by atoms with van der Waals surface area (Å²) in [6, 6.07) is 0. The van der Waals surface area contributed by atoms with E-state index in [2.05, 4.69) is 11.9 Å². The quantitative estimate of drug-likeness (QED) is 0.522. The fourth-order valence-corrected chi connectivity index (χ4v) is 1.70. The molecule has 1 aromatic rings. The molecule has 0 saturated heterocycles. The average molecular weight is 158 g/mol. The molecule has 1 unspecified atom stereocenters. The molecule has 1 heterocycles. The minimum absolute atomic E-state index is 0.464. The molecule has 3 heteroatoms. The van der Waals surface area contributed by atoms with Gasteiger partial charge in [0, 0.05) is 13.0 Å². The van der Waals surface area contributed by atoms with Crippen molar-refractivity contribution in [2.45, 2.75) is 19.3 Å². The van der Waals surface area contributed by atoms with Crippen LogP contribution in [0.2, 0.25) is 0 Å². The fraction of sp³-hybridized carbons (Fsp3) is 0.444. The lowest BCUT2D eigenvalue weighted by Gasteiger charge is -2.17. The minimum Gasteiger partial charge on any atom is -0.334 e. The second kappa shape index (κ2) is 2.51. The summed E-state index contributed by atoms with van der Waals surface area (Å²) in [5.74, 6) is 0.464. The van der Waals surface area contributed by atoms with Crippen LogP contribution < -0.4 is 0 Å². The molecule has 2 rings (SSSR count). The van der Waals surface area contributed by atoms with E-state index in [1.165, 1.54) is 5.69 Å². The van der Waals surface area contributed by atoms with Crippen LogP contribution in [0.25, 0.3) is 6.08 Å². The molecule has 0 amide bonds. The molecule has 0 fully saturated rings. The van der Waals surface area contributed by atoms with E-state index >= 15 is 0 Å². The first-order valence-corrected chi connectivity index (χ1v) is 4.15. The highest BCUT2D eigenvalue weighted by Crippen LogP contribution is 2.30. The highest BCUT2D eigenvalue weighted by molar-refractivity contribution is 6.24. The van der Waals surface area contributed by atoms with Crippen LogP contribution in [0.15, 0.2) is 11.8 Å². The molecule has 0 aliphatic heterocycles. The van der Waals surface area contributed by atoms with E-state index in [4.69, 9.17) is 7.85 Å². The number of aryl methyl sites for hydroxylation is 1. The second-order valence-corrected chi connectivity index (χ2v) is 3.45. The molecule has 0 spiro atoms. The third kappa shape index (κ3) is 1.00. The highest BCUT2D eigenvalue weighted by atomic mass is 15.0. The van der Waals surface area contributed by atoms with E-state index in [1.54, 1.807) is 0 Å². The molecular formula is C9H11BN2. The van der Waals surface area contributed by atoms with E-state index in [-0.39, 0.29) is 0 Å². The Morgan fingerprint density at radius 1 is 1.67 bits per heavy atom. The number of nitrogens with zero attached hydrogens (tertiary/aromatic N) is 2. The van der Waals surface area contributed by atoms with Crippen LogP contribution in [0.3, 0.4) is 0 Å². The summed E-state index contributed by atoms with van der Waals surface area (Å²) in [4.78, 5) is 4.33. The van der Waals surface area contributed by atoms with Gasteiger partial charge in [0.1, 0.15) is 7.85 Å². The molecule has 1 aromatic heterocycles. The molecule has 0 N–H and O–H groups in total. The third-order valence-corrected chi connectivity index (χ3v) is 2.34. The van der Waals surface area contributed by atoms with Crippen molar-refractivity contribution in [3.05, 3.63) is 23.2 Å². The molecule has 0 bridgehead atoms. The van der Waals surface area contributed by atoms with Crippen LogP contribution in [-0.4, -0.2) is 17.4 Å². The smallest absolute Gasteiger partial charge is 0.107 e. The second-order valence-electron chi connectivity index (χ2n) is 3.45. The zero-order valence-corrected chi connectivity index (χ0v) is 7.41. The van der Waals surface area contributed by atoms with E-state index in [9.17, 15) is 0 Å². The summed E-state index contributed by atoms with van der Waals surface area (Å²) in [6.07, 6.45) is 4.79. The Morgan fingerprint density at radius 2 is 2.42 bits per heavy atom. The normalized spacial score (nSPS) is 21.8. The molecule has 2 nitrogen and oxygen atoms in total.